The Balaban J connectivity index is 1.90. The highest BCUT2D eigenvalue weighted by atomic mass is 19.1. The van der Waals surface area contributed by atoms with Crippen LogP contribution in [0.5, 0.6) is 0 Å². The molecule has 1 saturated heterocycles. The van der Waals surface area contributed by atoms with Crippen molar-refractivity contribution in [1.29, 1.82) is 0 Å². The molecule has 0 aliphatic carbocycles. The van der Waals surface area contributed by atoms with E-state index in [1.807, 2.05) is 51.1 Å². The van der Waals surface area contributed by atoms with E-state index in [0.29, 0.717) is 12.6 Å². The van der Waals surface area contributed by atoms with Crippen LogP contribution < -0.4 is 0 Å². The molecule has 1 aromatic heterocycles. The summed E-state index contributed by atoms with van der Waals surface area (Å²) in [4.78, 5) is 18.0. The van der Waals surface area contributed by atoms with Gasteiger partial charge in [-0.15, -0.1) is 0 Å². The van der Waals surface area contributed by atoms with Crippen LogP contribution in [-0.4, -0.2) is 35.0 Å². The Morgan fingerprint density at radius 2 is 1.88 bits per heavy atom. The number of carbonyl (C=O) groups excluding carboxylic acids is 1. The molecule has 1 aliphatic heterocycles. The van der Waals surface area contributed by atoms with E-state index in [4.69, 9.17) is 4.74 Å². The molecule has 0 bridgehead atoms. The van der Waals surface area contributed by atoms with Crippen molar-refractivity contribution < 1.29 is 18.3 Å². The minimum atomic E-state index is -0.954. The number of rotatable bonds is 2. The average molecular weight is 360 g/mol. The van der Waals surface area contributed by atoms with E-state index in [1.54, 1.807) is 4.90 Å². The quantitative estimate of drug-likeness (QED) is 0.813. The van der Waals surface area contributed by atoms with Crippen molar-refractivity contribution in [2.24, 2.45) is 5.41 Å². The molecule has 0 spiro atoms. The van der Waals surface area contributed by atoms with Crippen molar-refractivity contribution in [3.63, 3.8) is 0 Å². The van der Waals surface area contributed by atoms with Crippen LogP contribution in [0.25, 0.3) is 0 Å². The Morgan fingerprint density at radius 3 is 2.50 bits per heavy atom. The number of amides is 1. The summed E-state index contributed by atoms with van der Waals surface area (Å²) in [5, 5.41) is 0. The lowest BCUT2D eigenvalue weighted by molar-refractivity contribution is -0.119. The molecule has 0 radical (unpaired) electrons. The van der Waals surface area contributed by atoms with Gasteiger partial charge in [-0.05, 0) is 11.0 Å². The predicted molar refractivity (Wildman–Crippen MR) is 93.6 cm³/mol. The Kier molecular flexibility index (Phi) is 5.05. The number of hydrogen-bond donors (Lipinski definition) is 0. The Morgan fingerprint density at radius 1 is 1.19 bits per heavy atom. The molecule has 1 fully saturated rings. The lowest BCUT2D eigenvalue weighted by Crippen LogP contribution is -2.51. The van der Waals surface area contributed by atoms with E-state index in [1.165, 1.54) is 0 Å². The normalized spacial score (nSPS) is 20.9. The van der Waals surface area contributed by atoms with Crippen LogP contribution in [0.4, 0.5) is 8.78 Å². The molecule has 3 rings (SSSR count). The van der Waals surface area contributed by atoms with E-state index in [0.717, 1.165) is 11.8 Å². The van der Waals surface area contributed by atoms with Gasteiger partial charge in [0, 0.05) is 12.6 Å². The zero-order valence-corrected chi connectivity index (χ0v) is 15.1. The lowest BCUT2D eigenvalue weighted by atomic mass is 9.87. The van der Waals surface area contributed by atoms with Gasteiger partial charge in [0.1, 0.15) is 11.9 Å². The fraction of sp³-hybridized carbons (Fsp3) is 0.400. The molecule has 2 atom stereocenters. The van der Waals surface area contributed by atoms with Crippen LogP contribution in [0.1, 0.15) is 42.9 Å². The maximum absolute atomic E-state index is 14.0. The zero-order valence-electron chi connectivity index (χ0n) is 15.1. The molecule has 138 valence electrons. The van der Waals surface area contributed by atoms with E-state index in [-0.39, 0.29) is 29.9 Å². The summed E-state index contributed by atoms with van der Waals surface area (Å²) in [7, 11) is 0. The molecule has 1 aliphatic rings. The van der Waals surface area contributed by atoms with Gasteiger partial charge in [-0.25, -0.2) is 13.8 Å². The van der Waals surface area contributed by atoms with Gasteiger partial charge in [0.25, 0.3) is 5.91 Å². The number of morpholine rings is 1. The third kappa shape index (κ3) is 3.90. The van der Waals surface area contributed by atoms with Crippen molar-refractivity contribution in [2.75, 3.05) is 13.1 Å². The number of pyridine rings is 1. The van der Waals surface area contributed by atoms with Gasteiger partial charge in [0.05, 0.1) is 18.8 Å². The summed E-state index contributed by atoms with van der Waals surface area (Å²) < 4.78 is 33.4. The molecule has 26 heavy (non-hydrogen) atoms. The van der Waals surface area contributed by atoms with E-state index < -0.39 is 17.5 Å². The smallest absolute Gasteiger partial charge is 0.275 e. The average Bonchev–Trinajstić information content (AvgIpc) is 2.61. The van der Waals surface area contributed by atoms with Gasteiger partial charge in [-0.3, -0.25) is 4.79 Å². The Bertz CT molecular complexity index is 790. The molecule has 1 aromatic carbocycles. The molecule has 2 heterocycles. The summed E-state index contributed by atoms with van der Waals surface area (Å²) in [6.45, 7) is 6.71. The number of carbonyl (C=O) groups is 1. The second-order valence-electron chi connectivity index (χ2n) is 7.58. The van der Waals surface area contributed by atoms with Crippen LogP contribution in [0.2, 0.25) is 0 Å². The van der Waals surface area contributed by atoms with Gasteiger partial charge < -0.3 is 9.64 Å². The second-order valence-corrected chi connectivity index (χ2v) is 7.58. The molecule has 1 amide bonds. The first-order chi connectivity index (χ1) is 12.3. The Hall–Kier alpha value is -2.34. The molecule has 6 heteroatoms. The number of nitrogens with zero attached hydrogens (tertiary/aromatic N) is 2. The fourth-order valence-corrected chi connectivity index (χ4v) is 2.98. The van der Waals surface area contributed by atoms with E-state index >= 15 is 0 Å². The second kappa shape index (κ2) is 7.11. The van der Waals surface area contributed by atoms with Crippen LogP contribution >= 0.6 is 0 Å². The minimum Gasteiger partial charge on any atom is -0.366 e. The van der Waals surface area contributed by atoms with Crippen molar-refractivity contribution >= 4 is 5.91 Å². The summed E-state index contributed by atoms with van der Waals surface area (Å²) in [5.74, 6) is -2.32. The monoisotopic (exact) mass is 360 g/mol. The zero-order chi connectivity index (χ0) is 18.9. The summed E-state index contributed by atoms with van der Waals surface area (Å²) in [6, 6.07) is 10.3. The van der Waals surface area contributed by atoms with Crippen molar-refractivity contribution in [1.82, 2.24) is 9.88 Å². The van der Waals surface area contributed by atoms with Gasteiger partial charge in [0.2, 0.25) is 0 Å². The first kappa shape index (κ1) is 18.5. The standard InChI is InChI=1S/C20H22F2N2O2/c1-20(2,3)17-12-24(11-16(26-17)13-7-5-4-6-8-13)19(25)18-15(22)9-14(21)10-23-18/h4-10,16-17H,11-12H2,1-3H3/t16-,17+/m0/s1. The fourth-order valence-electron chi connectivity index (χ4n) is 2.98. The predicted octanol–water partition coefficient (Wildman–Crippen LogP) is 3.99. The highest BCUT2D eigenvalue weighted by molar-refractivity contribution is 5.92. The van der Waals surface area contributed by atoms with Gasteiger partial charge in [0.15, 0.2) is 11.5 Å². The van der Waals surface area contributed by atoms with E-state index in [9.17, 15) is 13.6 Å². The van der Waals surface area contributed by atoms with Gasteiger partial charge in [-0.1, -0.05) is 51.1 Å². The topological polar surface area (TPSA) is 42.4 Å². The van der Waals surface area contributed by atoms with Crippen LogP contribution in [0.15, 0.2) is 42.6 Å². The maximum Gasteiger partial charge on any atom is 0.275 e. The third-order valence-electron chi connectivity index (χ3n) is 4.54. The van der Waals surface area contributed by atoms with Gasteiger partial charge in [-0.2, -0.15) is 0 Å². The molecular weight excluding hydrogens is 338 g/mol. The van der Waals surface area contributed by atoms with Crippen molar-refractivity contribution in [2.45, 2.75) is 33.0 Å². The number of halogens is 2. The van der Waals surface area contributed by atoms with Crippen molar-refractivity contribution in [3.05, 3.63) is 65.5 Å². The molecule has 4 nitrogen and oxygen atoms in total. The number of benzene rings is 1. The molecule has 0 unspecified atom stereocenters. The molecule has 0 N–H and O–H groups in total. The number of hydrogen-bond acceptors (Lipinski definition) is 3. The first-order valence-corrected chi connectivity index (χ1v) is 8.56. The lowest BCUT2D eigenvalue weighted by Gasteiger charge is -2.43. The highest BCUT2D eigenvalue weighted by Crippen LogP contribution is 2.34. The molecule has 0 saturated carbocycles. The maximum atomic E-state index is 14.0. The molecule has 2 aromatic rings. The SMILES string of the molecule is CC(C)(C)[C@H]1CN(C(=O)c2ncc(F)cc2F)C[C@@H](c2ccccc2)O1. The van der Waals surface area contributed by atoms with Gasteiger partial charge >= 0.3 is 0 Å². The number of ether oxygens (including phenoxy) is 1. The van der Waals surface area contributed by atoms with Crippen LogP contribution in [-0.2, 0) is 4.74 Å². The first-order valence-electron chi connectivity index (χ1n) is 8.56. The highest BCUT2D eigenvalue weighted by Gasteiger charge is 2.38. The summed E-state index contributed by atoms with van der Waals surface area (Å²) in [6.07, 6.45) is 0.308. The van der Waals surface area contributed by atoms with Crippen molar-refractivity contribution in [3.8, 4) is 0 Å². The largest absolute Gasteiger partial charge is 0.366 e. The minimum absolute atomic E-state index is 0.208. The molecular formula is C20H22F2N2O2. The summed E-state index contributed by atoms with van der Waals surface area (Å²) >= 11 is 0. The third-order valence-corrected chi connectivity index (χ3v) is 4.54. The Labute approximate surface area is 151 Å². The van der Waals surface area contributed by atoms with Crippen LogP contribution in [0.3, 0.4) is 0 Å². The number of aromatic nitrogens is 1. The van der Waals surface area contributed by atoms with E-state index in [2.05, 4.69) is 4.98 Å². The van der Waals surface area contributed by atoms with Crippen LogP contribution in [0, 0.1) is 17.0 Å². The summed E-state index contributed by atoms with van der Waals surface area (Å²) in [5.41, 5.74) is 0.375.